The van der Waals surface area contributed by atoms with E-state index in [9.17, 15) is 4.79 Å². The molecule has 1 rings (SSSR count). The van der Waals surface area contributed by atoms with Crippen LogP contribution in [0.4, 0.5) is 0 Å². The van der Waals surface area contributed by atoms with Gasteiger partial charge < -0.3 is 4.74 Å². The van der Waals surface area contributed by atoms with E-state index >= 15 is 0 Å². The normalized spacial score (nSPS) is 21.3. The molecule has 0 saturated heterocycles. The van der Waals surface area contributed by atoms with Gasteiger partial charge in [0.05, 0.1) is 12.0 Å². The lowest BCUT2D eigenvalue weighted by Gasteiger charge is -2.16. The second-order valence-corrected chi connectivity index (χ2v) is 4.34. The molecular weight excluding hydrogens is 176 g/mol. The third kappa shape index (κ3) is 3.69. The summed E-state index contributed by atoms with van der Waals surface area (Å²) < 4.78 is 5.36. The van der Waals surface area contributed by atoms with Gasteiger partial charge >= 0.3 is 5.97 Å². The number of ether oxygens (including phenoxy) is 1. The predicted octanol–water partition coefficient (Wildman–Crippen LogP) is 3.30. The van der Waals surface area contributed by atoms with Crippen LogP contribution < -0.4 is 0 Å². The minimum Gasteiger partial charge on any atom is -0.462 e. The molecule has 0 bridgehead atoms. The highest BCUT2D eigenvalue weighted by Gasteiger charge is 2.22. The van der Waals surface area contributed by atoms with Crippen molar-refractivity contribution in [1.82, 2.24) is 0 Å². The fourth-order valence-corrected chi connectivity index (χ4v) is 1.89. The molecule has 1 atom stereocenters. The first-order chi connectivity index (χ1) is 6.74. The molecule has 0 radical (unpaired) electrons. The molecule has 1 unspecified atom stereocenters. The SMILES string of the molecule is CCC(C)OC(=O)C1CCCCCC1. The van der Waals surface area contributed by atoms with Gasteiger partial charge in [0.1, 0.15) is 0 Å². The maximum absolute atomic E-state index is 11.7. The second kappa shape index (κ2) is 6.05. The van der Waals surface area contributed by atoms with Crippen molar-refractivity contribution in [2.75, 3.05) is 0 Å². The van der Waals surface area contributed by atoms with Crippen molar-refractivity contribution < 1.29 is 9.53 Å². The van der Waals surface area contributed by atoms with Gasteiger partial charge in [0.25, 0.3) is 0 Å². The maximum atomic E-state index is 11.7. The van der Waals surface area contributed by atoms with Gasteiger partial charge in [-0.3, -0.25) is 4.79 Å². The van der Waals surface area contributed by atoms with Crippen LogP contribution in [0.3, 0.4) is 0 Å². The molecule has 2 nitrogen and oxygen atoms in total. The van der Waals surface area contributed by atoms with Gasteiger partial charge in [-0.15, -0.1) is 0 Å². The molecule has 0 aromatic heterocycles. The first-order valence-electron chi connectivity index (χ1n) is 5.94. The molecule has 82 valence electrons. The largest absolute Gasteiger partial charge is 0.462 e. The summed E-state index contributed by atoms with van der Waals surface area (Å²) in [6.45, 7) is 4.01. The molecule has 0 aliphatic heterocycles. The van der Waals surface area contributed by atoms with Crippen LogP contribution in [0.15, 0.2) is 0 Å². The highest BCUT2D eigenvalue weighted by Crippen LogP contribution is 2.24. The Hall–Kier alpha value is -0.530. The van der Waals surface area contributed by atoms with Crippen LogP contribution in [0.2, 0.25) is 0 Å². The van der Waals surface area contributed by atoms with Crippen molar-refractivity contribution in [2.24, 2.45) is 5.92 Å². The number of carbonyl (C=O) groups excluding carboxylic acids is 1. The van der Waals surface area contributed by atoms with Crippen LogP contribution in [-0.4, -0.2) is 12.1 Å². The maximum Gasteiger partial charge on any atom is 0.309 e. The van der Waals surface area contributed by atoms with E-state index < -0.39 is 0 Å². The molecule has 0 aromatic rings. The average Bonchev–Trinajstić information content (AvgIpc) is 2.45. The molecule has 0 N–H and O–H groups in total. The summed E-state index contributed by atoms with van der Waals surface area (Å²) in [5.41, 5.74) is 0. The Kier molecular flexibility index (Phi) is 4.99. The van der Waals surface area contributed by atoms with E-state index in [1.165, 1.54) is 25.7 Å². The number of carbonyl (C=O) groups is 1. The summed E-state index contributed by atoms with van der Waals surface area (Å²) in [5.74, 6) is 0.229. The zero-order valence-corrected chi connectivity index (χ0v) is 9.42. The Morgan fingerprint density at radius 3 is 2.36 bits per heavy atom. The fourth-order valence-electron chi connectivity index (χ4n) is 1.89. The molecule has 1 aliphatic carbocycles. The van der Waals surface area contributed by atoms with Crippen molar-refractivity contribution >= 4 is 5.97 Å². The fraction of sp³-hybridized carbons (Fsp3) is 0.917. The van der Waals surface area contributed by atoms with E-state index in [1.54, 1.807) is 0 Å². The Bertz CT molecular complexity index is 169. The summed E-state index contributed by atoms with van der Waals surface area (Å²) in [6.07, 6.45) is 8.04. The lowest BCUT2D eigenvalue weighted by Crippen LogP contribution is -2.21. The van der Waals surface area contributed by atoms with E-state index in [0.29, 0.717) is 0 Å². The van der Waals surface area contributed by atoms with Gasteiger partial charge in [0.15, 0.2) is 0 Å². The lowest BCUT2D eigenvalue weighted by atomic mass is 10.0. The van der Waals surface area contributed by atoms with E-state index in [2.05, 4.69) is 0 Å². The van der Waals surface area contributed by atoms with Crippen LogP contribution in [-0.2, 0) is 9.53 Å². The topological polar surface area (TPSA) is 26.3 Å². The standard InChI is InChI=1S/C12H22O2/c1-3-10(2)14-12(13)11-8-6-4-5-7-9-11/h10-11H,3-9H2,1-2H3. The summed E-state index contributed by atoms with van der Waals surface area (Å²) in [4.78, 5) is 11.7. The highest BCUT2D eigenvalue weighted by molar-refractivity contribution is 5.72. The molecule has 1 saturated carbocycles. The minimum atomic E-state index is 0.0428. The van der Waals surface area contributed by atoms with E-state index in [4.69, 9.17) is 4.74 Å². The van der Waals surface area contributed by atoms with Crippen LogP contribution in [0.5, 0.6) is 0 Å². The van der Waals surface area contributed by atoms with Crippen LogP contribution in [0.1, 0.15) is 58.8 Å². The quantitative estimate of drug-likeness (QED) is 0.514. The Morgan fingerprint density at radius 1 is 1.29 bits per heavy atom. The summed E-state index contributed by atoms with van der Waals surface area (Å²) in [7, 11) is 0. The van der Waals surface area contributed by atoms with Gasteiger partial charge in [0, 0.05) is 0 Å². The number of hydrogen-bond acceptors (Lipinski definition) is 2. The van der Waals surface area contributed by atoms with Crippen molar-refractivity contribution in [2.45, 2.75) is 64.9 Å². The van der Waals surface area contributed by atoms with E-state index in [1.807, 2.05) is 13.8 Å². The molecule has 0 spiro atoms. The molecule has 2 heteroatoms. The highest BCUT2D eigenvalue weighted by atomic mass is 16.5. The van der Waals surface area contributed by atoms with Gasteiger partial charge in [-0.1, -0.05) is 32.6 Å². The zero-order chi connectivity index (χ0) is 10.4. The van der Waals surface area contributed by atoms with Gasteiger partial charge in [0.2, 0.25) is 0 Å². The van der Waals surface area contributed by atoms with Gasteiger partial charge in [-0.05, 0) is 26.2 Å². The van der Waals surface area contributed by atoms with Crippen molar-refractivity contribution in [3.8, 4) is 0 Å². The van der Waals surface area contributed by atoms with Crippen molar-refractivity contribution in [3.05, 3.63) is 0 Å². The molecule has 1 fully saturated rings. The molecule has 0 aromatic carbocycles. The monoisotopic (exact) mass is 198 g/mol. The van der Waals surface area contributed by atoms with Crippen LogP contribution in [0.25, 0.3) is 0 Å². The number of esters is 1. The van der Waals surface area contributed by atoms with E-state index in [-0.39, 0.29) is 18.0 Å². The molecule has 0 heterocycles. The minimum absolute atomic E-state index is 0.0428. The second-order valence-electron chi connectivity index (χ2n) is 4.34. The summed E-state index contributed by atoms with van der Waals surface area (Å²) in [5, 5.41) is 0. The number of hydrogen-bond donors (Lipinski definition) is 0. The molecule has 0 amide bonds. The predicted molar refractivity (Wildman–Crippen MR) is 57.0 cm³/mol. The molecule has 1 aliphatic rings. The lowest BCUT2D eigenvalue weighted by molar-refractivity contribution is -0.153. The van der Waals surface area contributed by atoms with Crippen molar-refractivity contribution in [1.29, 1.82) is 0 Å². The van der Waals surface area contributed by atoms with Crippen LogP contribution in [0, 0.1) is 5.92 Å². The first kappa shape index (κ1) is 11.5. The Labute approximate surface area is 87.0 Å². The van der Waals surface area contributed by atoms with Crippen LogP contribution >= 0.6 is 0 Å². The third-order valence-electron chi connectivity index (χ3n) is 3.08. The number of rotatable bonds is 3. The van der Waals surface area contributed by atoms with Crippen molar-refractivity contribution in [3.63, 3.8) is 0 Å². The third-order valence-corrected chi connectivity index (χ3v) is 3.08. The first-order valence-corrected chi connectivity index (χ1v) is 5.94. The summed E-state index contributed by atoms with van der Waals surface area (Å²) >= 11 is 0. The smallest absolute Gasteiger partial charge is 0.309 e. The summed E-state index contributed by atoms with van der Waals surface area (Å²) in [6, 6.07) is 0. The Morgan fingerprint density at radius 2 is 1.86 bits per heavy atom. The Balaban J connectivity index is 2.34. The molecular formula is C12H22O2. The van der Waals surface area contributed by atoms with Gasteiger partial charge in [-0.25, -0.2) is 0 Å². The average molecular weight is 198 g/mol. The van der Waals surface area contributed by atoms with E-state index in [0.717, 1.165) is 19.3 Å². The molecule has 14 heavy (non-hydrogen) atoms. The van der Waals surface area contributed by atoms with Gasteiger partial charge in [-0.2, -0.15) is 0 Å². The zero-order valence-electron chi connectivity index (χ0n) is 9.42.